The molecule has 3 aromatic carbocycles. The average Bonchev–Trinajstić information content (AvgIpc) is 3.97. The fraction of sp³-hybridized carbons (Fsp3) is 0.382. The van der Waals surface area contributed by atoms with Crippen LogP contribution in [0.25, 0.3) is 0 Å². The Morgan fingerprint density at radius 3 is 2.31 bits per heavy atom. The maximum Gasteiger partial charge on any atom is 0.253 e. The molecule has 0 spiro atoms. The van der Waals surface area contributed by atoms with Crippen LogP contribution in [0.5, 0.6) is 0 Å². The number of rotatable bonds is 11. The minimum Gasteiger partial charge on any atom is -0.357 e. The van der Waals surface area contributed by atoms with E-state index < -0.39 is 69.0 Å². The smallest absolute Gasteiger partial charge is 0.253 e. The van der Waals surface area contributed by atoms with Crippen molar-refractivity contribution in [3.05, 3.63) is 99.8 Å². The van der Waals surface area contributed by atoms with Crippen LogP contribution in [0, 0.1) is 11.7 Å². The number of hydrazine groups is 1. The number of sulfonamides is 1. The van der Waals surface area contributed by atoms with Crippen LogP contribution in [-0.2, 0) is 29.1 Å². The van der Waals surface area contributed by atoms with Crippen molar-refractivity contribution < 1.29 is 31.9 Å². The highest BCUT2D eigenvalue weighted by molar-refractivity contribution is 7.94. The number of hydrogen-bond donors (Lipinski definition) is 3. The van der Waals surface area contributed by atoms with Crippen molar-refractivity contribution >= 4 is 56.6 Å². The molecule has 0 unspecified atom stereocenters. The number of nitrogens with one attached hydrogen (secondary N) is 3. The Labute approximate surface area is 288 Å². The highest BCUT2D eigenvalue weighted by Crippen LogP contribution is 2.55. The van der Waals surface area contributed by atoms with Gasteiger partial charge in [-0.2, -0.15) is 0 Å². The topological polar surface area (TPSA) is 134 Å². The molecule has 3 fully saturated rings. The third kappa shape index (κ3) is 7.31. The van der Waals surface area contributed by atoms with Crippen molar-refractivity contribution in [2.24, 2.45) is 5.92 Å². The van der Waals surface area contributed by atoms with Crippen molar-refractivity contribution in [1.82, 2.24) is 15.8 Å². The molecule has 0 radical (unpaired) electrons. The highest BCUT2D eigenvalue weighted by Gasteiger charge is 2.60. The normalized spacial score (nSPS) is 22.5. The molecule has 1 heterocycles. The number of ether oxygens (including phenoxy) is 1. The molecule has 2 aliphatic carbocycles. The van der Waals surface area contributed by atoms with Crippen molar-refractivity contribution in [1.29, 1.82) is 0 Å². The molecule has 0 bridgehead atoms. The van der Waals surface area contributed by atoms with Crippen LogP contribution in [0.4, 0.5) is 10.1 Å². The van der Waals surface area contributed by atoms with Crippen molar-refractivity contribution in [2.45, 2.75) is 74.5 Å². The summed E-state index contributed by atoms with van der Waals surface area (Å²) in [5, 5.41) is 0.927. The zero-order valence-corrected chi connectivity index (χ0v) is 28.3. The van der Waals surface area contributed by atoms with Gasteiger partial charge in [0.2, 0.25) is 21.8 Å². The lowest BCUT2D eigenvalue weighted by molar-refractivity contribution is -0.182. The standard InChI is InChI=1S/C34H35Cl2FN4O6S/c1-20(42)38-39-30(43)18-29-33(44)41(31(22-11-13-24(35)14-12-22)32(47-29)23-5-4-6-25(36)17-23)28(21-9-10-21)19-34(15-16-34)48(45,46)40-27-8-3-2-7-26(27)37/h2-8,11-14,17,21,28-29,31-32,40H,9-10,15-16,18-19H2,1H3,(H,38,42)(H,39,43)/t28-,29-,31+,32+/m0/s1. The molecule has 10 nitrogen and oxygen atoms in total. The summed E-state index contributed by atoms with van der Waals surface area (Å²) in [6, 6.07) is 18.3. The van der Waals surface area contributed by atoms with Crippen LogP contribution in [0.15, 0.2) is 72.8 Å². The SMILES string of the molecule is CC(=O)NNC(=O)C[C@@H]1O[C@H](c2cccc(Cl)c2)[C@@H](c2ccc(Cl)cc2)N([C@@H](CC2(S(=O)(=O)Nc3ccccc3F)CC2)C2CC2)C1=O. The van der Waals surface area contributed by atoms with E-state index in [1.165, 1.54) is 25.1 Å². The summed E-state index contributed by atoms with van der Waals surface area (Å²) in [6.45, 7) is 1.24. The quantitative estimate of drug-likeness (QED) is 0.214. The van der Waals surface area contributed by atoms with E-state index in [-0.39, 0.29) is 18.0 Å². The minimum atomic E-state index is -4.09. The third-order valence-corrected chi connectivity index (χ3v) is 11.9. The van der Waals surface area contributed by atoms with Crippen molar-refractivity contribution in [3.8, 4) is 0 Å². The summed E-state index contributed by atoms with van der Waals surface area (Å²) in [5.74, 6) is -2.33. The number of carbonyl (C=O) groups excluding carboxylic acids is 3. The Morgan fingerprint density at radius 1 is 0.979 bits per heavy atom. The predicted molar refractivity (Wildman–Crippen MR) is 179 cm³/mol. The van der Waals surface area contributed by atoms with Crippen LogP contribution >= 0.6 is 23.2 Å². The van der Waals surface area contributed by atoms with Crippen LogP contribution < -0.4 is 15.6 Å². The van der Waals surface area contributed by atoms with Gasteiger partial charge in [-0.05, 0) is 85.5 Å². The molecular formula is C34H35Cl2FN4O6S. The summed E-state index contributed by atoms with van der Waals surface area (Å²) in [7, 11) is -4.09. The van der Waals surface area contributed by atoms with Gasteiger partial charge in [-0.25, -0.2) is 12.8 Å². The van der Waals surface area contributed by atoms with Gasteiger partial charge in [-0.3, -0.25) is 30.0 Å². The second kappa shape index (κ2) is 13.7. The van der Waals surface area contributed by atoms with E-state index in [4.69, 9.17) is 27.9 Å². The fourth-order valence-electron chi connectivity index (χ4n) is 6.45. The first kappa shape index (κ1) is 34.2. The fourth-order valence-corrected chi connectivity index (χ4v) is 8.48. The Morgan fingerprint density at radius 2 is 1.69 bits per heavy atom. The largest absolute Gasteiger partial charge is 0.357 e. The van der Waals surface area contributed by atoms with E-state index in [1.54, 1.807) is 53.4 Å². The van der Waals surface area contributed by atoms with Gasteiger partial charge in [-0.1, -0.05) is 59.6 Å². The van der Waals surface area contributed by atoms with E-state index in [0.717, 1.165) is 12.8 Å². The van der Waals surface area contributed by atoms with Gasteiger partial charge in [0.25, 0.3) is 5.91 Å². The second-order valence-electron chi connectivity index (χ2n) is 12.7. The first-order valence-electron chi connectivity index (χ1n) is 15.7. The monoisotopic (exact) mass is 716 g/mol. The number of halogens is 3. The Balaban J connectivity index is 1.42. The molecule has 2 saturated carbocycles. The molecule has 3 aromatic rings. The molecule has 1 aliphatic heterocycles. The minimum absolute atomic E-state index is 0.0168. The summed E-state index contributed by atoms with van der Waals surface area (Å²) in [4.78, 5) is 40.7. The number of nitrogens with zero attached hydrogens (tertiary/aromatic N) is 1. The predicted octanol–water partition coefficient (Wildman–Crippen LogP) is 5.84. The molecular weight excluding hydrogens is 682 g/mol. The number of morpholine rings is 1. The Kier molecular flexibility index (Phi) is 9.72. The Hall–Kier alpha value is -3.71. The maximum atomic E-state index is 14.6. The van der Waals surface area contributed by atoms with E-state index in [9.17, 15) is 27.2 Å². The molecule has 6 rings (SSSR count). The van der Waals surface area contributed by atoms with Crippen LogP contribution in [-0.4, -0.2) is 47.9 Å². The summed E-state index contributed by atoms with van der Waals surface area (Å²) in [5.41, 5.74) is 5.73. The number of carbonyl (C=O) groups is 3. The van der Waals surface area contributed by atoms with Crippen LogP contribution in [0.1, 0.15) is 68.7 Å². The number of para-hydroxylation sites is 1. The van der Waals surface area contributed by atoms with E-state index in [0.29, 0.717) is 34.0 Å². The van der Waals surface area contributed by atoms with Gasteiger partial charge in [-0.15, -0.1) is 0 Å². The first-order chi connectivity index (χ1) is 22.9. The Bertz CT molecular complexity index is 1820. The van der Waals surface area contributed by atoms with Crippen LogP contribution in [0.3, 0.4) is 0 Å². The van der Waals surface area contributed by atoms with Gasteiger partial charge in [0.1, 0.15) is 18.0 Å². The van der Waals surface area contributed by atoms with E-state index >= 15 is 0 Å². The molecule has 0 aromatic heterocycles. The van der Waals surface area contributed by atoms with Crippen LogP contribution in [0.2, 0.25) is 10.0 Å². The number of anilines is 1. The molecule has 3 amide bonds. The zero-order valence-electron chi connectivity index (χ0n) is 26.0. The molecule has 4 atom stereocenters. The van der Waals surface area contributed by atoms with Gasteiger partial charge in [0.15, 0.2) is 0 Å². The van der Waals surface area contributed by atoms with E-state index in [2.05, 4.69) is 15.6 Å². The molecule has 3 N–H and O–H groups in total. The summed E-state index contributed by atoms with van der Waals surface area (Å²) >= 11 is 12.7. The molecule has 254 valence electrons. The molecule has 14 heteroatoms. The number of hydrogen-bond acceptors (Lipinski definition) is 6. The first-order valence-corrected chi connectivity index (χ1v) is 17.9. The number of amides is 3. The maximum absolute atomic E-state index is 14.6. The highest BCUT2D eigenvalue weighted by atomic mass is 35.5. The van der Waals surface area contributed by atoms with Gasteiger partial charge >= 0.3 is 0 Å². The van der Waals surface area contributed by atoms with Gasteiger partial charge in [0, 0.05) is 23.0 Å². The van der Waals surface area contributed by atoms with Gasteiger partial charge < -0.3 is 9.64 Å². The van der Waals surface area contributed by atoms with Gasteiger partial charge in [0.05, 0.1) is 22.9 Å². The van der Waals surface area contributed by atoms with Crippen molar-refractivity contribution in [2.75, 3.05) is 4.72 Å². The lowest BCUT2D eigenvalue weighted by Gasteiger charge is -2.49. The molecule has 3 aliphatic rings. The zero-order chi connectivity index (χ0) is 34.2. The lowest BCUT2D eigenvalue weighted by Crippen LogP contribution is -2.57. The summed E-state index contributed by atoms with van der Waals surface area (Å²) in [6.07, 6.45) is -0.166. The molecule has 48 heavy (non-hydrogen) atoms. The van der Waals surface area contributed by atoms with Crippen molar-refractivity contribution in [3.63, 3.8) is 0 Å². The lowest BCUT2D eigenvalue weighted by atomic mass is 9.88. The molecule has 1 saturated heterocycles. The third-order valence-electron chi connectivity index (χ3n) is 9.17. The number of benzene rings is 3. The average molecular weight is 718 g/mol. The van der Waals surface area contributed by atoms with E-state index in [1.807, 2.05) is 6.07 Å². The summed E-state index contributed by atoms with van der Waals surface area (Å²) < 4.78 is 50.1. The second-order valence-corrected chi connectivity index (χ2v) is 15.6.